The number of methoxy groups -OCH3 is 1. The number of rotatable bonds is 5. The van der Waals surface area contributed by atoms with Crippen LogP contribution in [-0.2, 0) is 4.79 Å². The minimum absolute atomic E-state index is 0.0804. The van der Waals surface area contributed by atoms with Gasteiger partial charge >= 0.3 is 12.1 Å². The van der Waals surface area contributed by atoms with Crippen molar-refractivity contribution in [1.82, 2.24) is 19.3 Å². The van der Waals surface area contributed by atoms with Crippen LogP contribution in [0.3, 0.4) is 0 Å². The zero-order valence-electron chi connectivity index (χ0n) is 18.2. The molecule has 0 saturated carbocycles. The van der Waals surface area contributed by atoms with Gasteiger partial charge in [-0.1, -0.05) is 23.7 Å². The second kappa shape index (κ2) is 9.26. The molecule has 0 radical (unpaired) electrons. The second-order valence-electron chi connectivity index (χ2n) is 7.29. The lowest BCUT2D eigenvalue weighted by Crippen LogP contribution is -2.39. The van der Waals surface area contributed by atoms with E-state index in [4.69, 9.17) is 16.3 Å². The van der Waals surface area contributed by atoms with Gasteiger partial charge in [0.25, 0.3) is 5.56 Å². The average Bonchev–Trinajstić information content (AvgIpc) is 3.24. The Morgan fingerprint density at radius 3 is 2.57 bits per heavy atom. The van der Waals surface area contributed by atoms with Gasteiger partial charge < -0.3 is 14.1 Å². The fourth-order valence-corrected chi connectivity index (χ4v) is 3.39. The molecule has 0 amide bonds. The first-order valence-corrected chi connectivity index (χ1v) is 10.3. The summed E-state index contributed by atoms with van der Waals surface area (Å²) >= 11 is 5.96. The zero-order chi connectivity index (χ0) is 25.3. The molecule has 0 saturated heterocycles. The highest BCUT2D eigenvalue weighted by Gasteiger charge is 2.42. The van der Waals surface area contributed by atoms with E-state index in [2.05, 4.69) is 14.8 Å². The number of imidazole rings is 1. The van der Waals surface area contributed by atoms with Gasteiger partial charge in [0, 0.05) is 11.2 Å². The van der Waals surface area contributed by atoms with Crippen LogP contribution in [0, 0.1) is 6.92 Å². The molecule has 0 aliphatic heterocycles. The normalized spacial score (nSPS) is 11.8. The summed E-state index contributed by atoms with van der Waals surface area (Å²) in [6, 6.07) is 9.16. The number of aromatic nitrogens is 4. The molecule has 0 bridgehead atoms. The summed E-state index contributed by atoms with van der Waals surface area (Å²) in [6.45, 7) is 1.84. The Morgan fingerprint density at radius 1 is 1.14 bits per heavy atom. The van der Waals surface area contributed by atoms with Crippen LogP contribution in [-0.4, -0.2) is 38.5 Å². The molecule has 0 spiro atoms. The van der Waals surface area contributed by atoms with Gasteiger partial charge in [-0.15, -0.1) is 4.73 Å². The number of ether oxygens (including phenoxy) is 1. The molecule has 2 aromatic carbocycles. The smallest absolute Gasteiger partial charge is 0.493 e. The van der Waals surface area contributed by atoms with Crippen molar-refractivity contribution in [3.8, 4) is 11.4 Å². The minimum Gasteiger partial charge on any atom is -0.495 e. The standard InChI is InChI=1S/C23H16ClF3N4O4/c1-13-11-30(12-28-13)18-7-3-14(9-19(18)34-2)4-8-20-29-17-10-15(24)5-6-16(17)21(32)31(20)35-22(33)23(25,26)27/h3-12H,1-2H3/b8-4+. The number of benzene rings is 2. The Labute approximate surface area is 200 Å². The number of alkyl halides is 3. The summed E-state index contributed by atoms with van der Waals surface area (Å²) < 4.78 is 45.8. The predicted octanol–water partition coefficient (Wildman–Crippen LogP) is 4.24. The van der Waals surface area contributed by atoms with Gasteiger partial charge in [-0.2, -0.15) is 13.2 Å². The fraction of sp³-hybridized carbons (Fsp3) is 0.130. The van der Waals surface area contributed by atoms with Crippen molar-refractivity contribution in [1.29, 1.82) is 0 Å². The van der Waals surface area contributed by atoms with Gasteiger partial charge in [-0.3, -0.25) is 4.79 Å². The molecule has 0 atom stereocenters. The third kappa shape index (κ3) is 5.04. The van der Waals surface area contributed by atoms with E-state index in [1.54, 1.807) is 29.1 Å². The highest BCUT2D eigenvalue weighted by atomic mass is 35.5. The van der Waals surface area contributed by atoms with E-state index < -0.39 is 17.7 Å². The highest BCUT2D eigenvalue weighted by molar-refractivity contribution is 6.31. The molecular weight excluding hydrogens is 489 g/mol. The molecule has 0 unspecified atom stereocenters. The van der Waals surface area contributed by atoms with E-state index in [1.165, 1.54) is 37.5 Å². The number of hydrogen-bond donors (Lipinski definition) is 0. The minimum atomic E-state index is -5.32. The Morgan fingerprint density at radius 2 is 1.91 bits per heavy atom. The van der Waals surface area contributed by atoms with Gasteiger partial charge in [0.05, 0.1) is 35.7 Å². The SMILES string of the molecule is COc1cc(/C=C/c2nc3cc(Cl)ccc3c(=O)n2OC(=O)C(F)(F)F)ccc1-n1cnc(C)c1. The second-order valence-corrected chi connectivity index (χ2v) is 7.73. The Hall–Kier alpha value is -4.12. The number of halogens is 4. The lowest BCUT2D eigenvalue weighted by molar-refractivity contribution is -0.200. The van der Waals surface area contributed by atoms with Crippen LogP contribution < -0.4 is 15.1 Å². The van der Waals surface area contributed by atoms with Gasteiger partial charge in [-0.05, 0) is 48.9 Å². The van der Waals surface area contributed by atoms with Crippen LogP contribution in [0.2, 0.25) is 5.02 Å². The molecule has 180 valence electrons. The van der Waals surface area contributed by atoms with E-state index in [1.807, 2.05) is 13.1 Å². The third-order valence-corrected chi connectivity index (χ3v) is 5.08. The van der Waals surface area contributed by atoms with Gasteiger partial charge in [0.2, 0.25) is 0 Å². The van der Waals surface area contributed by atoms with Crippen molar-refractivity contribution in [3.63, 3.8) is 0 Å². The Bertz CT molecular complexity index is 1530. The van der Waals surface area contributed by atoms with Crippen LogP contribution in [0.4, 0.5) is 13.2 Å². The summed E-state index contributed by atoms with van der Waals surface area (Å²) in [5.41, 5.74) is 1.19. The van der Waals surface area contributed by atoms with E-state index in [9.17, 15) is 22.8 Å². The van der Waals surface area contributed by atoms with Crippen LogP contribution >= 0.6 is 11.6 Å². The highest BCUT2D eigenvalue weighted by Crippen LogP contribution is 2.26. The van der Waals surface area contributed by atoms with Crippen LogP contribution in [0.25, 0.3) is 28.7 Å². The lowest BCUT2D eigenvalue weighted by atomic mass is 10.1. The molecular formula is C23H16ClF3N4O4. The number of fused-ring (bicyclic) bond motifs is 1. The topological polar surface area (TPSA) is 88.2 Å². The number of aryl methyl sites for hydroxylation is 1. The van der Waals surface area contributed by atoms with E-state index >= 15 is 0 Å². The first kappa shape index (κ1) is 24.0. The average molecular weight is 505 g/mol. The summed E-state index contributed by atoms with van der Waals surface area (Å²) in [4.78, 5) is 37.0. The summed E-state index contributed by atoms with van der Waals surface area (Å²) in [6.07, 6.45) is 0.832. The summed E-state index contributed by atoms with van der Waals surface area (Å²) in [5.74, 6) is -2.43. The van der Waals surface area contributed by atoms with Crippen molar-refractivity contribution in [2.75, 3.05) is 7.11 Å². The van der Waals surface area contributed by atoms with Crippen LogP contribution in [0.5, 0.6) is 5.75 Å². The van der Waals surface area contributed by atoms with Gasteiger partial charge in [0.1, 0.15) is 5.75 Å². The predicted molar refractivity (Wildman–Crippen MR) is 122 cm³/mol. The first-order chi connectivity index (χ1) is 16.6. The number of carbonyl (C=O) groups is 1. The van der Waals surface area contributed by atoms with E-state index in [0.717, 1.165) is 5.69 Å². The van der Waals surface area contributed by atoms with Crippen molar-refractivity contribution in [3.05, 3.63) is 81.4 Å². The van der Waals surface area contributed by atoms with Gasteiger partial charge in [0.15, 0.2) is 5.82 Å². The molecule has 0 N–H and O–H groups in total. The van der Waals surface area contributed by atoms with Gasteiger partial charge in [-0.25, -0.2) is 14.8 Å². The molecule has 35 heavy (non-hydrogen) atoms. The molecule has 0 aliphatic rings. The fourth-order valence-electron chi connectivity index (χ4n) is 3.22. The Kier molecular flexibility index (Phi) is 6.35. The molecule has 0 aliphatic carbocycles. The lowest BCUT2D eigenvalue weighted by Gasteiger charge is -2.12. The first-order valence-electron chi connectivity index (χ1n) is 9.95. The maximum absolute atomic E-state index is 12.8. The van der Waals surface area contributed by atoms with Crippen molar-refractivity contribution in [2.45, 2.75) is 13.1 Å². The number of hydrogen-bond acceptors (Lipinski definition) is 6. The van der Waals surface area contributed by atoms with Crippen molar-refractivity contribution >= 4 is 40.6 Å². The molecule has 12 heteroatoms. The number of nitrogens with zero attached hydrogens (tertiary/aromatic N) is 4. The molecule has 0 fully saturated rings. The zero-order valence-corrected chi connectivity index (χ0v) is 19.0. The molecule has 2 aromatic heterocycles. The molecule has 8 nitrogen and oxygen atoms in total. The maximum atomic E-state index is 12.8. The number of carbonyl (C=O) groups excluding carboxylic acids is 1. The molecule has 4 aromatic rings. The third-order valence-electron chi connectivity index (χ3n) is 4.84. The molecule has 2 heterocycles. The molecule has 4 rings (SSSR count). The largest absolute Gasteiger partial charge is 0.495 e. The van der Waals surface area contributed by atoms with Crippen LogP contribution in [0.1, 0.15) is 17.1 Å². The quantitative estimate of drug-likeness (QED) is 0.404. The van der Waals surface area contributed by atoms with E-state index in [0.29, 0.717) is 17.0 Å². The van der Waals surface area contributed by atoms with Crippen molar-refractivity contribution < 1.29 is 27.5 Å². The van der Waals surface area contributed by atoms with E-state index in [-0.39, 0.29) is 26.5 Å². The summed E-state index contributed by atoms with van der Waals surface area (Å²) in [5, 5.41) is 0.183. The maximum Gasteiger partial charge on any atom is 0.493 e. The Balaban J connectivity index is 1.78. The monoisotopic (exact) mass is 504 g/mol. The summed E-state index contributed by atoms with van der Waals surface area (Å²) in [7, 11) is 1.49. The van der Waals surface area contributed by atoms with Crippen molar-refractivity contribution in [2.24, 2.45) is 0 Å². The van der Waals surface area contributed by atoms with Crippen LogP contribution in [0.15, 0.2) is 53.7 Å².